The fourth-order valence-electron chi connectivity index (χ4n) is 2.41. The van der Waals surface area contributed by atoms with Crippen molar-refractivity contribution in [3.8, 4) is 0 Å². The van der Waals surface area contributed by atoms with Crippen molar-refractivity contribution in [2.45, 2.75) is 32.6 Å². The Labute approximate surface area is 116 Å². The molecule has 1 saturated carbocycles. The van der Waals surface area contributed by atoms with E-state index in [-0.39, 0.29) is 11.7 Å². The first-order valence-electron chi connectivity index (χ1n) is 6.07. The molecule has 1 fully saturated rings. The monoisotopic (exact) mass is 314 g/mol. The zero-order valence-electron chi connectivity index (χ0n) is 9.88. The Morgan fingerprint density at radius 2 is 1.94 bits per heavy atom. The molecule has 0 aliphatic heterocycles. The van der Waals surface area contributed by atoms with Crippen molar-refractivity contribution < 1.29 is 4.79 Å². The zero-order valence-corrected chi connectivity index (χ0v) is 12.2. The molecular weight excluding hydrogens is 300 g/mol. The van der Waals surface area contributed by atoms with Crippen LogP contribution in [0.25, 0.3) is 0 Å². The highest BCUT2D eigenvalue weighted by Crippen LogP contribution is 2.32. The van der Waals surface area contributed by atoms with Gasteiger partial charge in [-0.05, 0) is 52.9 Å². The first kappa shape index (κ1) is 13.1. The molecule has 0 radical (unpaired) electrons. The van der Waals surface area contributed by atoms with E-state index in [4.69, 9.17) is 11.6 Å². The zero-order chi connectivity index (χ0) is 12.4. The standard InChI is InChI=1S/C14H16BrClO/c1-9-2-4-10(5-3-9)14(17)11-6-7-13(16)12(15)8-11/h6-10H,2-5H2,1H3. The quantitative estimate of drug-likeness (QED) is 0.693. The minimum Gasteiger partial charge on any atom is -0.294 e. The number of carbonyl (C=O) groups is 1. The Morgan fingerprint density at radius 1 is 1.29 bits per heavy atom. The summed E-state index contributed by atoms with van der Waals surface area (Å²) in [5.41, 5.74) is 0.779. The molecule has 0 aromatic heterocycles. The van der Waals surface area contributed by atoms with Crippen LogP contribution in [0.4, 0.5) is 0 Å². The van der Waals surface area contributed by atoms with Crippen LogP contribution in [0.1, 0.15) is 43.0 Å². The second kappa shape index (κ2) is 5.53. The van der Waals surface area contributed by atoms with E-state index in [1.54, 1.807) is 6.07 Å². The number of carbonyl (C=O) groups excluding carboxylic acids is 1. The van der Waals surface area contributed by atoms with Crippen molar-refractivity contribution in [2.24, 2.45) is 11.8 Å². The maximum atomic E-state index is 12.3. The molecule has 0 atom stereocenters. The van der Waals surface area contributed by atoms with Crippen molar-refractivity contribution in [3.05, 3.63) is 33.3 Å². The maximum absolute atomic E-state index is 12.3. The molecule has 2 rings (SSSR count). The Bertz CT molecular complexity index is 422. The molecule has 1 nitrogen and oxygen atoms in total. The fourth-order valence-corrected chi connectivity index (χ4v) is 2.90. The second-order valence-corrected chi connectivity index (χ2v) is 6.21. The van der Waals surface area contributed by atoms with Gasteiger partial charge in [0.15, 0.2) is 5.78 Å². The molecule has 0 amide bonds. The van der Waals surface area contributed by atoms with Crippen LogP contribution in [0, 0.1) is 11.8 Å². The lowest BCUT2D eigenvalue weighted by atomic mass is 9.79. The summed E-state index contributed by atoms with van der Waals surface area (Å²) in [7, 11) is 0. The molecular formula is C14H16BrClO. The van der Waals surface area contributed by atoms with Gasteiger partial charge in [-0.25, -0.2) is 0 Å². The molecule has 92 valence electrons. The molecule has 1 aliphatic rings. The van der Waals surface area contributed by atoms with Crippen molar-refractivity contribution >= 4 is 33.3 Å². The molecule has 0 heterocycles. The van der Waals surface area contributed by atoms with Crippen LogP contribution in [0.2, 0.25) is 5.02 Å². The van der Waals surface area contributed by atoms with E-state index in [2.05, 4.69) is 22.9 Å². The van der Waals surface area contributed by atoms with E-state index in [1.165, 1.54) is 12.8 Å². The largest absolute Gasteiger partial charge is 0.294 e. The summed E-state index contributed by atoms with van der Waals surface area (Å²) in [6.07, 6.45) is 4.40. The van der Waals surface area contributed by atoms with Gasteiger partial charge >= 0.3 is 0 Å². The van der Waals surface area contributed by atoms with E-state index < -0.39 is 0 Å². The summed E-state index contributed by atoms with van der Waals surface area (Å²) in [4.78, 5) is 12.3. The van der Waals surface area contributed by atoms with Gasteiger partial charge in [-0.3, -0.25) is 4.79 Å². The number of hydrogen-bond donors (Lipinski definition) is 0. The number of halogens is 2. The van der Waals surface area contributed by atoms with Crippen molar-refractivity contribution in [1.82, 2.24) is 0 Å². The number of ketones is 1. The van der Waals surface area contributed by atoms with Gasteiger partial charge in [-0.15, -0.1) is 0 Å². The van der Waals surface area contributed by atoms with Gasteiger partial charge in [0.05, 0.1) is 5.02 Å². The first-order chi connectivity index (χ1) is 8.08. The number of benzene rings is 1. The summed E-state index contributed by atoms with van der Waals surface area (Å²) in [6.45, 7) is 2.26. The highest BCUT2D eigenvalue weighted by molar-refractivity contribution is 9.10. The highest BCUT2D eigenvalue weighted by Gasteiger charge is 2.25. The highest BCUT2D eigenvalue weighted by atomic mass is 79.9. The summed E-state index contributed by atoms with van der Waals surface area (Å²) in [6, 6.07) is 5.44. The van der Waals surface area contributed by atoms with E-state index in [0.29, 0.717) is 5.02 Å². The SMILES string of the molecule is CC1CCC(C(=O)c2ccc(Cl)c(Br)c2)CC1. The molecule has 0 spiro atoms. The average molecular weight is 316 g/mol. The van der Waals surface area contributed by atoms with Gasteiger partial charge < -0.3 is 0 Å². The third-order valence-corrected chi connectivity index (χ3v) is 4.80. The number of rotatable bonds is 2. The van der Waals surface area contributed by atoms with Crippen LogP contribution in [-0.2, 0) is 0 Å². The second-order valence-electron chi connectivity index (χ2n) is 4.95. The van der Waals surface area contributed by atoms with E-state index in [1.807, 2.05) is 12.1 Å². The minimum atomic E-state index is 0.208. The molecule has 1 aromatic carbocycles. The fraction of sp³-hybridized carbons (Fsp3) is 0.500. The topological polar surface area (TPSA) is 17.1 Å². The Balaban J connectivity index is 2.11. The lowest BCUT2D eigenvalue weighted by molar-refractivity contribution is 0.0875. The molecule has 0 N–H and O–H groups in total. The van der Waals surface area contributed by atoms with Gasteiger partial charge in [0, 0.05) is 16.0 Å². The van der Waals surface area contributed by atoms with E-state index >= 15 is 0 Å². The average Bonchev–Trinajstić information content (AvgIpc) is 2.33. The lowest BCUT2D eigenvalue weighted by Gasteiger charge is -2.25. The lowest BCUT2D eigenvalue weighted by Crippen LogP contribution is -2.20. The third kappa shape index (κ3) is 3.11. The summed E-state index contributed by atoms with van der Waals surface area (Å²) in [5, 5.41) is 0.652. The van der Waals surface area contributed by atoms with Gasteiger partial charge in [0.2, 0.25) is 0 Å². The maximum Gasteiger partial charge on any atom is 0.165 e. The van der Waals surface area contributed by atoms with Gasteiger partial charge in [0.1, 0.15) is 0 Å². The van der Waals surface area contributed by atoms with Crippen LogP contribution in [0.3, 0.4) is 0 Å². The molecule has 1 aliphatic carbocycles. The van der Waals surface area contributed by atoms with Crippen LogP contribution >= 0.6 is 27.5 Å². The van der Waals surface area contributed by atoms with Gasteiger partial charge in [-0.2, -0.15) is 0 Å². The number of Topliss-reactive ketones (excluding diaryl/α,β-unsaturated/α-hetero) is 1. The molecule has 0 saturated heterocycles. The van der Waals surface area contributed by atoms with Crippen molar-refractivity contribution in [3.63, 3.8) is 0 Å². The minimum absolute atomic E-state index is 0.208. The van der Waals surface area contributed by atoms with Crippen molar-refractivity contribution in [2.75, 3.05) is 0 Å². The Kier molecular flexibility index (Phi) is 4.26. The predicted octanol–water partition coefficient (Wildman–Crippen LogP) is 5.11. The molecule has 17 heavy (non-hydrogen) atoms. The van der Waals surface area contributed by atoms with Crippen LogP contribution in [0.5, 0.6) is 0 Å². The normalized spacial score (nSPS) is 24.6. The smallest absolute Gasteiger partial charge is 0.165 e. The summed E-state index contributed by atoms with van der Waals surface area (Å²) < 4.78 is 0.800. The van der Waals surface area contributed by atoms with Crippen LogP contribution in [0.15, 0.2) is 22.7 Å². The summed E-state index contributed by atoms with van der Waals surface area (Å²) in [5.74, 6) is 1.25. The molecule has 0 unspecified atom stereocenters. The third-order valence-electron chi connectivity index (χ3n) is 3.59. The molecule has 1 aromatic rings. The first-order valence-corrected chi connectivity index (χ1v) is 7.24. The molecule has 0 bridgehead atoms. The van der Waals surface area contributed by atoms with Crippen molar-refractivity contribution in [1.29, 1.82) is 0 Å². The van der Waals surface area contributed by atoms with Gasteiger partial charge in [-0.1, -0.05) is 31.4 Å². The Hall–Kier alpha value is -0.340. The van der Waals surface area contributed by atoms with E-state index in [9.17, 15) is 4.79 Å². The van der Waals surface area contributed by atoms with E-state index in [0.717, 1.165) is 28.8 Å². The van der Waals surface area contributed by atoms with Gasteiger partial charge in [0.25, 0.3) is 0 Å². The van der Waals surface area contributed by atoms with Crippen LogP contribution < -0.4 is 0 Å². The number of hydrogen-bond acceptors (Lipinski definition) is 1. The summed E-state index contributed by atoms with van der Waals surface area (Å²) >= 11 is 9.30. The Morgan fingerprint density at radius 3 is 2.53 bits per heavy atom. The van der Waals surface area contributed by atoms with Crippen LogP contribution in [-0.4, -0.2) is 5.78 Å². The molecule has 3 heteroatoms. The predicted molar refractivity (Wildman–Crippen MR) is 74.6 cm³/mol.